The smallest absolute Gasteiger partial charge is 0.129 e. The molecule has 2 aromatic rings. The summed E-state index contributed by atoms with van der Waals surface area (Å²) in [5.74, 6) is 2.45. The Hall–Kier alpha value is -1.28. The van der Waals surface area contributed by atoms with Crippen molar-refractivity contribution in [3.8, 4) is 0 Å². The Kier molecular flexibility index (Phi) is 3.37. The van der Waals surface area contributed by atoms with Crippen LogP contribution >= 0.6 is 11.6 Å². The van der Waals surface area contributed by atoms with Gasteiger partial charge in [-0.05, 0) is 37.0 Å². The second-order valence-electron chi connectivity index (χ2n) is 4.97. The Morgan fingerprint density at radius 2 is 2.11 bits per heavy atom. The van der Waals surface area contributed by atoms with Gasteiger partial charge in [-0.1, -0.05) is 18.2 Å². The molecule has 0 bridgehead atoms. The van der Waals surface area contributed by atoms with Gasteiger partial charge in [0.15, 0.2) is 0 Å². The van der Waals surface area contributed by atoms with Crippen LogP contribution in [0.5, 0.6) is 0 Å². The summed E-state index contributed by atoms with van der Waals surface area (Å²) in [7, 11) is 0. The van der Waals surface area contributed by atoms with Gasteiger partial charge in [0, 0.05) is 24.4 Å². The highest BCUT2D eigenvalue weighted by molar-refractivity contribution is 6.18. The molecule has 2 heterocycles. The van der Waals surface area contributed by atoms with E-state index in [1.54, 1.807) is 0 Å². The van der Waals surface area contributed by atoms with Crippen LogP contribution in [0.1, 0.15) is 12.8 Å². The number of hydrogen-bond acceptors (Lipinski definition) is 2. The van der Waals surface area contributed by atoms with Gasteiger partial charge >= 0.3 is 0 Å². The van der Waals surface area contributed by atoms with Gasteiger partial charge in [-0.2, -0.15) is 0 Å². The van der Waals surface area contributed by atoms with Crippen LogP contribution in [0, 0.1) is 5.92 Å². The number of benzene rings is 1. The van der Waals surface area contributed by atoms with Crippen LogP contribution in [0.4, 0.5) is 5.82 Å². The van der Waals surface area contributed by atoms with Gasteiger partial charge in [0.1, 0.15) is 5.82 Å². The minimum absolute atomic E-state index is 0.605. The fraction of sp³-hybridized carbons (Fsp3) is 0.400. The third-order valence-electron chi connectivity index (χ3n) is 3.64. The second kappa shape index (κ2) is 5.15. The molecule has 1 fully saturated rings. The second-order valence-corrected chi connectivity index (χ2v) is 5.28. The molecule has 1 unspecified atom stereocenters. The third kappa shape index (κ3) is 2.30. The molecule has 0 radical (unpaired) electrons. The first kappa shape index (κ1) is 11.8. The SMILES string of the molecule is ClCC1CCCN(c2ccc3ccccc3n2)C1. The molecule has 1 aromatic heterocycles. The first-order valence-electron chi connectivity index (χ1n) is 6.53. The van der Waals surface area contributed by atoms with E-state index in [1.165, 1.54) is 18.2 Å². The van der Waals surface area contributed by atoms with Crippen molar-refractivity contribution in [2.45, 2.75) is 12.8 Å². The van der Waals surface area contributed by atoms with Crippen LogP contribution in [0.25, 0.3) is 10.9 Å². The molecule has 94 valence electrons. The fourth-order valence-corrected chi connectivity index (χ4v) is 2.88. The Morgan fingerprint density at radius 3 is 3.00 bits per heavy atom. The van der Waals surface area contributed by atoms with Gasteiger partial charge in [-0.3, -0.25) is 0 Å². The molecule has 1 aliphatic rings. The van der Waals surface area contributed by atoms with E-state index in [9.17, 15) is 0 Å². The molecule has 18 heavy (non-hydrogen) atoms. The molecular formula is C15H17ClN2. The average molecular weight is 261 g/mol. The number of nitrogens with zero attached hydrogens (tertiary/aromatic N) is 2. The summed E-state index contributed by atoms with van der Waals surface area (Å²) in [5, 5.41) is 1.20. The minimum Gasteiger partial charge on any atom is -0.356 e. The molecule has 1 atom stereocenters. The molecule has 0 aliphatic carbocycles. The number of pyridine rings is 1. The minimum atomic E-state index is 0.605. The molecule has 0 N–H and O–H groups in total. The fourth-order valence-electron chi connectivity index (χ4n) is 2.63. The van der Waals surface area contributed by atoms with Crippen LogP contribution < -0.4 is 4.90 Å². The van der Waals surface area contributed by atoms with Crippen molar-refractivity contribution in [2.24, 2.45) is 5.92 Å². The zero-order valence-corrected chi connectivity index (χ0v) is 11.1. The number of hydrogen-bond donors (Lipinski definition) is 0. The topological polar surface area (TPSA) is 16.1 Å². The lowest BCUT2D eigenvalue weighted by Gasteiger charge is -2.32. The van der Waals surface area contributed by atoms with E-state index in [1.807, 2.05) is 12.1 Å². The molecular weight excluding hydrogens is 244 g/mol. The van der Waals surface area contributed by atoms with E-state index < -0.39 is 0 Å². The summed E-state index contributed by atoms with van der Waals surface area (Å²) in [5.41, 5.74) is 1.07. The van der Waals surface area contributed by atoms with Crippen LogP contribution in [0.15, 0.2) is 36.4 Å². The highest BCUT2D eigenvalue weighted by Gasteiger charge is 2.20. The first-order chi connectivity index (χ1) is 8.86. The average Bonchev–Trinajstić information content (AvgIpc) is 2.47. The van der Waals surface area contributed by atoms with Crippen LogP contribution in [0.2, 0.25) is 0 Å². The van der Waals surface area contributed by atoms with Crippen molar-refractivity contribution >= 4 is 28.3 Å². The maximum atomic E-state index is 5.98. The van der Waals surface area contributed by atoms with Crippen molar-refractivity contribution in [2.75, 3.05) is 23.9 Å². The standard InChI is InChI=1S/C15H17ClN2/c16-10-12-4-3-9-18(11-12)15-8-7-13-5-1-2-6-14(13)17-15/h1-2,5-8,12H,3-4,9-11H2. The number of piperidine rings is 1. The summed E-state index contributed by atoms with van der Waals surface area (Å²) < 4.78 is 0. The molecule has 1 aliphatic heterocycles. The van der Waals surface area contributed by atoms with Crippen molar-refractivity contribution in [3.05, 3.63) is 36.4 Å². The van der Waals surface area contributed by atoms with Gasteiger partial charge in [0.25, 0.3) is 0 Å². The van der Waals surface area contributed by atoms with E-state index >= 15 is 0 Å². The molecule has 2 nitrogen and oxygen atoms in total. The van der Waals surface area contributed by atoms with Gasteiger partial charge in [0.2, 0.25) is 0 Å². The molecule has 0 spiro atoms. The lowest BCUT2D eigenvalue weighted by atomic mass is 10.00. The van der Waals surface area contributed by atoms with E-state index in [2.05, 4.69) is 29.2 Å². The van der Waals surface area contributed by atoms with E-state index in [-0.39, 0.29) is 0 Å². The summed E-state index contributed by atoms with van der Waals surface area (Å²) in [4.78, 5) is 7.11. The number of fused-ring (bicyclic) bond motifs is 1. The van der Waals surface area contributed by atoms with Gasteiger partial charge in [0.05, 0.1) is 5.52 Å². The largest absolute Gasteiger partial charge is 0.356 e. The van der Waals surface area contributed by atoms with Crippen molar-refractivity contribution in [1.29, 1.82) is 0 Å². The van der Waals surface area contributed by atoms with Gasteiger partial charge in [-0.15, -0.1) is 11.6 Å². The number of aromatic nitrogens is 1. The predicted octanol–water partition coefficient (Wildman–Crippen LogP) is 3.69. The lowest BCUT2D eigenvalue weighted by Crippen LogP contribution is -2.36. The normalized spacial score (nSPS) is 20.3. The maximum absolute atomic E-state index is 5.98. The Labute approximate surface area is 113 Å². The monoisotopic (exact) mass is 260 g/mol. The van der Waals surface area contributed by atoms with Crippen molar-refractivity contribution < 1.29 is 0 Å². The van der Waals surface area contributed by atoms with E-state index in [0.29, 0.717) is 5.92 Å². The van der Waals surface area contributed by atoms with Crippen LogP contribution in [0.3, 0.4) is 0 Å². The van der Waals surface area contributed by atoms with Crippen molar-refractivity contribution in [3.63, 3.8) is 0 Å². The zero-order valence-electron chi connectivity index (χ0n) is 10.3. The molecule has 3 heteroatoms. The third-order valence-corrected chi connectivity index (χ3v) is 4.08. The van der Waals surface area contributed by atoms with E-state index in [0.717, 1.165) is 30.3 Å². The highest BCUT2D eigenvalue weighted by Crippen LogP contribution is 2.24. The number of rotatable bonds is 2. The number of anilines is 1. The first-order valence-corrected chi connectivity index (χ1v) is 7.07. The molecule has 3 rings (SSSR count). The highest BCUT2D eigenvalue weighted by atomic mass is 35.5. The maximum Gasteiger partial charge on any atom is 0.129 e. The lowest BCUT2D eigenvalue weighted by molar-refractivity contribution is 0.449. The predicted molar refractivity (Wildman–Crippen MR) is 77.4 cm³/mol. The Balaban J connectivity index is 1.89. The quantitative estimate of drug-likeness (QED) is 0.766. The number of halogens is 1. The zero-order chi connectivity index (χ0) is 12.4. The van der Waals surface area contributed by atoms with Crippen LogP contribution in [-0.4, -0.2) is 24.0 Å². The van der Waals surface area contributed by atoms with E-state index in [4.69, 9.17) is 16.6 Å². The molecule has 1 aromatic carbocycles. The Morgan fingerprint density at radius 1 is 1.22 bits per heavy atom. The summed E-state index contributed by atoms with van der Waals surface area (Å²) in [6.07, 6.45) is 2.46. The molecule has 1 saturated heterocycles. The Bertz CT molecular complexity index is 541. The molecule has 0 amide bonds. The summed E-state index contributed by atoms with van der Waals surface area (Å²) in [6.45, 7) is 2.13. The number of para-hydroxylation sites is 1. The van der Waals surface area contributed by atoms with Crippen molar-refractivity contribution in [1.82, 2.24) is 4.98 Å². The summed E-state index contributed by atoms with van der Waals surface area (Å²) in [6, 6.07) is 12.5. The molecule has 0 saturated carbocycles. The summed E-state index contributed by atoms with van der Waals surface area (Å²) >= 11 is 5.98. The van der Waals surface area contributed by atoms with Gasteiger partial charge in [-0.25, -0.2) is 4.98 Å². The van der Waals surface area contributed by atoms with Crippen LogP contribution in [-0.2, 0) is 0 Å². The number of alkyl halides is 1. The van der Waals surface area contributed by atoms with Gasteiger partial charge < -0.3 is 4.90 Å².